The molecule has 1 amide bonds. The average molecular weight is 423 g/mol. The minimum atomic E-state index is -0.829. The van der Waals surface area contributed by atoms with Gasteiger partial charge in [0.2, 0.25) is 0 Å². The van der Waals surface area contributed by atoms with Crippen LogP contribution in [-0.2, 0) is 4.74 Å². The molecular weight excluding hydrogens is 392 g/mol. The van der Waals surface area contributed by atoms with Crippen LogP contribution < -0.4 is 17.0 Å². The van der Waals surface area contributed by atoms with Gasteiger partial charge in [-0.2, -0.15) is 0 Å². The van der Waals surface area contributed by atoms with Crippen molar-refractivity contribution in [3.63, 3.8) is 0 Å². The van der Waals surface area contributed by atoms with Gasteiger partial charge < -0.3 is 16.2 Å². The number of benzene rings is 2. The number of carbonyl (C=O) groups excluding carboxylic acids is 1. The molecule has 0 aliphatic carbocycles. The smallest absolute Gasteiger partial charge is 0.405 e. The summed E-state index contributed by atoms with van der Waals surface area (Å²) < 4.78 is 7.02. The minimum Gasteiger partial charge on any atom is -0.444 e. The van der Waals surface area contributed by atoms with E-state index in [0.29, 0.717) is 36.1 Å². The summed E-state index contributed by atoms with van der Waals surface area (Å²) >= 11 is 0. The van der Waals surface area contributed by atoms with Crippen LogP contribution in [0.3, 0.4) is 0 Å². The van der Waals surface area contributed by atoms with Crippen molar-refractivity contribution in [2.45, 2.75) is 51.6 Å². The Kier molecular flexibility index (Phi) is 6.75. The zero-order valence-corrected chi connectivity index (χ0v) is 18.3. The molecule has 1 heterocycles. The molecule has 0 saturated heterocycles. The SMILES string of the molecule is Cc1cccc2nc(C(CCCN)CC(C)(C)OC(N)=O)n(-c3ccccc3)c(=O)c12. The molecule has 2 aromatic carbocycles. The molecular formula is C24H30N4O3. The van der Waals surface area contributed by atoms with Crippen molar-refractivity contribution in [2.24, 2.45) is 11.5 Å². The molecule has 0 radical (unpaired) electrons. The van der Waals surface area contributed by atoms with Crippen LogP contribution in [0.25, 0.3) is 16.6 Å². The fourth-order valence-corrected chi connectivity index (χ4v) is 4.11. The predicted molar refractivity (Wildman–Crippen MR) is 122 cm³/mol. The summed E-state index contributed by atoms with van der Waals surface area (Å²) in [6, 6.07) is 15.1. The molecule has 7 heteroatoms. The summed E-state index contributed by atoms with van der Waals surface area (Å²) in [6.45, 7) is 6.04. The number of carbonyl (C=O) groups is 1. The first-order chi connectivity index (χ1) is 14.7. The van der Waals surface area contributed by atoms with E-state index in [9.17, 15) is 9.59 Å². The number of amides is 1. The third-order valence-corrected chi connectivity index (χ3v) is 5.38. The molecule has 3 aromatic rings. The molecule has 1 aromatic heterocycles. The first-order valence-corrected chi connectivity index (χ1v) is 10.5. The summed E-state index contributed by atoms with van der Waals surface area (Å²) in [4.78, 5) is 30.0. The molecule has 164 valence electrons. The Morgan fingerprint density at radius 3 is 2.52 bits per heavy atom. The van der Waals surface area contributed by atoms with Gasteiger partial charge in [0.25, 0.3) is 5.56 Å². The van der Waals surface area contributed by atoms with Crippen molar-refractivity contribution in [3.8, 4) is 5.69 Å². The molecule has 0 saturated carbocycles. The Morgan fingerprint density at radius 1 is 1.16 bits per heavy atom. The largest absolute Gasteiger partial charge is 0.444 e. The van der Waals surface area contributed by atoms with Crippen LogP contribution in [0, 0.1) is 6.92 Å². The zero-order valence-electron chi connectivity index (χ0n) is 18.3. The number of aromatic nitrogens is 2. The van der Waals surface area contributed by atoms with Gasteiger partial charge in [0.15, 0.2) is 0 Å². The van der Waals surface area contributed by atoms with Gasteiger partial charge in [-0.25, -0.2) is 9.78 Å². The van der Waals surface area contributed by atoms with Gasteiger partial charge in [-0.15, -0.1) is 0 Å². The van der Waals surface area contributed by atoms with Crippen LogP contribution in [0.4, 0.5) is 4.79 Å². The van der Waals surface area contributed by atoms with E-state index in [0.717, 1.165) is 17.7 Å². The molecule has 7 nitrogen and oxygen atoms in total. The van der Waals surface area contributed by atoms with Crippen LogP contribution in [0.1, 0.15) is 50.4 Å². The van der Waals surface area contributed by atoms with Gasteiger partial charge in [-0.05, 0) is 70.3 Å². The number of ether oxygens (including phenoxy) is 1. The Labute approximate surface area is 182 Å². The highest BCUT2D eigenvalue weighted by Crippen LogP contribution is 2.32. The normalized spacial score (nSPS) is 12.6. The lowest BCUT2D eigenvalue weighted by atomic mass is 9.88. The second kappa shape index (κ2) is 9.31. The van der Waals surface area contributed by atoms with E-state index >= 15 is 0 Å². The van der Waals surface area contributed by atoms with Crippen LogP contribution >= 0.6 is 0 Å². The molecule has 0 fully saturated rings. The predicted octanol–water partition coefficient (Wildman–Crippen LogP) is 3.78. The number of nitrogens with two attached hydrogens (primary N) is 2. The molecule has 0 aliphatic heterocycles. The van der Waals surface area contributed by atoms with Gasteiger partial charge in [-0.1, -0.05) is 30.3 Å². The highest BCUT2D eigenvalue weighted by Gasteiger charge is 2.30. The number of rotatable bonds is 8. The van der Waals surface area contributed by atoms with E-state index in [2.05, 4.69) is 0 Å². The number of hydrogen-bond acceptors (Lipinski definition) is 5. The number of para-hydroxylation sites is 1. The van der Waals surface area contributed by atoms with Crippen LogP contribution in [0.2, 0.25) is 0 Å². The van der Waals surface area contributed by atoms with Gasteiger partial charge in [-0.3, -0.25) is 9.36 Å². The minimum absolute atomic E-state index is 0.115. The zero-order chi connectivity index (χ0) is 22.6. The van der Waals surface area contributed by atoms with Crippen molar-refractivity contribution in [1.82, 2.24) is 9.55 Å². The summed E-state index contributed by atoms with van der Waals surface area (Å²) in [6.07, 6.45) is 1.06. The molecule has 1 unspecified atom stereocenters. The van der Waals surface area contributed by atoms with Crippen molar-refractivity contribution in [1.29, 1.82) is 0 Å². The van der Waals surface area contributed by atoms with Gasteiger partial charge >= 0.3 is 6.09 Å². The van der Waals surface area contributed by atoms with E-state index in [1.807, 2.05) is 69.3 Å². The van der Waals surface area contributed by atoms with Crippen molar-refractivity contribution in [3.05, 3.63) is 70.3 Å². The van der Waals surface area contributed by atoms with E-state index in [4.69, 9.17) is 21.2 Å². The first kappa shape index (κ1) is 22.5. The number of fused-ring (bicyclic) bond motifs is 1. The first-order valence-electron chi connectivity index (χ1n) is 10.5. The topological polar surface area (TPSA) is 113 Å². The maximum absolute atomic E-state index is 13.7. The Morgan fingerprint density at radius 2 is 1.87 bits per heavy atom. The molecule has 3 rings (SSSR count). The lowest BCUT2D eigenvalue weighted by molar-refractivity contribution is 0.0321. The number of aryl methyl sites for hydroxylation is 1. The summed E-state index contributed by atoms with van der Waals surface area (Å²) in [5, 5.41) is 0.598. The fourth-order valence-electron chi connectivity index (χ4n) is 4.11. The third-order valence-electron chi connectivity index (χ3n) is 5.38. The molecule has 0 spiro atoms. The van der Waals surface area contributed by atoms with Crippen molar-refractivity contribution < 1.29 is 9.53 Å². The average Bonchev–Trinajstić information content (AvgIpc) is 2.70. The van der Waals surface area contributed by atoms with E-state index in [1.54, 1.807) is 4.57 Å². The molecule has 31 heavy (non-hydrogen) atoms. The maximum atomic E-state index is 13.7. The Bertz CT molecular complexity index is 1120. The standard InChI is InChI=1S/C24H30N4O3/c1-16-9-7-13-19-20(16)22(29)28(18-11-5-4-6-12-18)21(27-19)17(10-8-14-25)15-24(2,3)31-23(26)30/h4-7,9,11-13,17H,8,10,14-15,25H2,1-3H3,(H2,26,30). The highest BCUT2D eigenvalue weighted by molar-refractivity contribution is 5.81. The number of primary amides is 1. The fraction of sp³-hybridized carbons (Fsp3) is 0.375. The number of nitrogens with zero attached hydrogens (tertiary/aromatic N) is 2. The van der Waals surface area contributed by atoms with Crippen molar-refractivity contribution in [2.75, 3.05) is 6.54 Å². The van der Waals surface area contributed by atoms with Crippen molar-refractivity contribution >= 4 is 17.0 Å². The lowest BCUT2D eigenvalue weighted by Gasteiger charge is -2.30. The maximum Gasteiger partial charge on any atom is 0.405 e. The van der Waals surface area contributed by atoms with Crippen LogP contribution in [-0.4, -0.2) is 27.8 Å². The van der Waals surface area contributed by atoms with E-state index in [-0.39, 0.29) is 11.5 Å². The molecule has 0 bridgehead atoms. The summed E-state index contributed by atoms with van der Waals surface area (Å²) in [5.41, 5.74) is 12.4. The van der Waals surface area contributed by atoms with Gasteiger partial charge in [0, 0.05) is 5.92 Å². The van der Waals surface area contributed by atoms with Gasteiger partial charge in [0.05, 0.1) is 16.6 Å². The van der Waals surface area contributed by atoms with E-state index in [1.165, 1.54) is 0 Å². The monoisotopic (exact) mass is 422 g/mol. The van der Waals surface area contributed by atoms with Crippen LogP contribution in [0.5, 0.6) is 0 Å². The lowest BCUT2D eigenvalue weighted by Crippen LogP contribution is -2.35. The van der Waals surface area contributed by atoms with Crippen LogP contribution in [0.15, 0.2) is 53.3 Å². The molecule has 1 atom stereocenters. The van der Waals surface area contributed by atoms with E-state index < -0.39 is 11.7 Å². The molecule has 0 aliphatic rings. The summed E-state index contributed by atoms with van der Waals surface area (Å²) in [7, 11) is 0. The molecule has 4 N–H and O–H groups in total. The summed E-state index contributed by atoms with van der Waals surface area (Å²) in [5.74, 6) is 0.458. The Balaban J connectivity index is 2.25. The second-order valence-electron chi connectivity index (χ2n) is 8.43. The number of hydrogen-bond donors (Lipinski definition) is 2. The Hall–Kier alpha value is -3.19. The second-order valence-corrected chi connectivity index (χ2v) is 8.43. The van der Waals surface area contributed by atoms with Gasteiger partial charge in [0.1, 0.15) is 11.4 Å². The quantitative estimate of drug-likeness (QED) is 0.573. The third kappa shape index (κ3) is 5.11. The highest BCUT2D eigenvalue weighted by atomic mass is 16.6.